The van der Waals surface area contributed by atoms with Crippen molar-refractivity contribution in [2.24, 2.45) is 0 Å². The molecule has 0 amide bonds. The molecule has 0 aliphatic carbocycles. The van der Waals surface area contributed by atoms with E-state index in [-0.39, 0.29) is 5.56 Å². The molecule has 122 valence electrons. The Morgan fingerprint density at radius 3 is 2.45 bits per heavy atom. The van der Waals surface area contributed by atoms with E-state index in [1.54, 1.807) is 0 Å². The van der Waals surface area contributed by atoms with Crippen molar-refractivity contribution in [3.05, 3.63) is 23.8 Å². The standard InChI is InChI=1S/C13H16O9/c14-4-7-8(16)9(17)10(18)13(21-7)22-11-5(12(19)20)2-1-3-6(11)15/h1-3,7-10,13-18H,4H2,(H,19,20)/t7-,8-,9+,10-,13+/m1/s1. The number of phenolic OH excluding ortho intramolecular Hbond substituents is 1. The Morgan fingerprint density at radius 1 is 1.18 bits per heavy atom. The van der Waals surface area contributed by atoms with Crippen LogP contribution in [-0.2, 0) is 4.74 Å². The second-order valence-electron chi connectivity index (χ2n) is 4.77. The molecule has 9 nitrogen and oxygen atoms in total. The molecular formula is C13H16O9. The van der Waals surface area contributed by atoms with E-state index in [2.05, 4.69) is 0 Å². The van der Waals surface area contributed by atoms with Gasteiger partial charge in [0.25, 0.3) is 0 Å². The molecule has 1 aliphatic rings. The van der Waals surface area contributed by atoms with Crippen LogP contribution in [0.15, 0.2) is 18.2 Å². The molecule has 2 rings (SSSR count). The maximum absolute atomic E-state index is 11.1. The molecular weight excluding hydrogens is 300 g/mol. The smallest absolute Gasteiger partial charge is 0.339 e. The number of para-hydroxylation sites is 1. The van der Waals surface area contributed by atoms with Gasteiger partial charge in [0.15, 0.2) is 11.5 Å². The first-order chi connectivity index (χ1) is 10.4. The summed E-state index contributed by atoms with van der Waals surface area (Å²) in [7, 11) is 0. The van der Waals surface area contributed by atoms with Crippen LogP contribution in [0, 0.1) is 0 Å². The lowest BCUT2D eigenvalue weighted by Gasteiger charge is -2.39. The number of hydrogen-bond donors (Lipinski definition) is 6. The third kappa shape index (κ3) is 2.98. The molecule has 0 saturated carbocycles. The first-order valence-electron chi connectivity index (χ1n) is 6.39. The minimum absolute atomic E-state index is 0.378. The Hall–Kier alpha value is -1.91. The summed E-state index contributed by atoms with van der Waals surface area (Å²) in [6.45, 7) is -0.655. The average molecular weight is 316 g/mol. The highest BCUT2D eigenvalue weighted by atomic mass is 16.7. The number of benzene rings is 1. The highest BCUT2D eigenvalue weighted by molar-refractivity contribution is 5.91. The summed E-state index contributed by atoms with van der Waals surface area (Å²) in [4.78, 5) is 11.1. The highest BCUT2D eigenvalue weighted by Gasteiger charge is 2.45. The number of aliphatic hydroxyl groups excluding tert-OH is 4. The summed E-state index contributed by atoms with van der Waals surface area (Å²) in [6.07, 6.45) is -7.73. The Kier molecular flexibility index (Phi) is 4.84. The van der Waals surface area contributed by atoms with E-state index in [4.69, 9.17) is 19.7 Å². The summed E-state index contributed by atoms with van der Waals surface area (Å²) >= 11 is 0. The van der Waals surface area contributed by atoms with E-state index in [1.807, 2.05) is 0 Å². The highest BCUT2D eigenvalue weighted by Crippen LogP contribution is 2.33. The molecule has 5 atom stereocenters. The van der Waals surface area contributed by atoms with Gasteiger partial charge in [-0.1, -0.05) is 6.07 Å². The van der Waals surface area contributed by atoms with Gasteiger partial charge < -0.3 is 40.1 Å². The van der Waals surface area contributed by atoms with Gasteiger partial charge in [0, 0.05) is 0 Å². The first-order valence-corrected chi connectivity index (χ1v) is 6.39. The normalized spacial score (nSPS) is 31.7. The number of carboxylic acid groups (broad SMARTS) is 1. The Labute approximate surface area is 124 Å². The predicted octanol–water partition coefficient (Wildman–Crippen LogP) is -1.73. The second-order valence-corrected chi connectivity index (χ2v) is 4.77. The fraction of sp³-hybridized carbons (Fsp3) is 0.462. The predicted molar refractivity (Wildman–Crippen MR) is 69.5 cm³/mol. The van der Waals surface area contributed by atoms with Crippen molar-refractivity contribution in [3.63, 3.8) is 0 Å². The minimum Gasteiger partial charge on any atom is -0.504 e. The lowest BCUT2D eigenvalue weighted by molar-refractivity contribution is -0.277. The van der Waals surface area contributed by atoms with Crippen LogP contribution < -0.4 is 4.74 Å². The quantitative estimate of drug-likeness (QED) is 0.380. The molecule has 1 aromatic rings. The van der Waals surface area contributed by atoms with E-state index in [0.717, 1.165) is 0 Å². The summed E-state index contributed by atoms with van der Waals surface area (Å²) in [5, 5.41) is 57.0. The SMILES string of the molecule is O=C(O)c1cccc(O)c1O[C@@H]1O[C@H](CO)[C@@H](O)[C@H](O)[C@H]1O. The number of aliphatic hydroxyl groups is 4. The van der Waals surface area contributed by atoms with Crippen molar-refractivity contribution in [1.29, 1.82) is 0 Å². The third-order valence-electron chi connectivity index (χ3n) is 3.31. The van der Waals surface area contributed by atoms with E-state index < -0.39 is 54.8 Å². The van der Waals surface area contributed by atoms with Gasteiger partial charge >= 0.3 is 5.97 Å². The zero-order valence-corrected chi connectivity index (χ0v) is 11.2. The lowest BCUT2D eigenvalue weighted by atomic mass is 9.99. The number of carboxylic acids is 1. The van der Waals surface area contributed by atoms with Crippen LogP contribution in [0.5, 0.6) is 11.5 Å². The van der Waals surface area contributed by atoms with Crippen LogP contribution >= 0.6 is 0 Å². The van der Waals surface area contributed by atoms with Crippen molar-refractivity contribution in [2.75, 3.05) is 6.61 Å². The van der Waals surface area contributed by atoms with Crippen molar-refractivity contribution < 1.29 is 44.9 Å². The van der Waals surface area contributed by atoms with Gasteiger partial charge in [0.2, 0.25) is 6.29 Å². The molecule has 6 N–H and O–H groups in total. The summed E-state index contributed by atoms with van der Waals surface area (Å²) in [5.41, 5.74) is -0.378. The van der Waals surface area contributed by atoms with Gasteiger partial charge in [-0.2, -0.15) is 0 Å². The zero-order valence-electron chi connectivity index (χ0n) is 11.2. The van der Waals surface area contributed by atoms with E-state index in [9.17, 15) is 25.2 Å². The number of carbonyl (C=O) groups is 1. The minimum atomic E-state index is -1.71. The Bertz CT molecular complexity index is 544. The number of aromatic carboxylic acids is 1. The molecule has 1 heterocycles. The lowest BCUT2D eigenvalue weighted by Crippen LogP contribution is -2.60. The van der Waals surface area contributed by atoms with Crippen LogP contribution in [0.4, 0.5) is 0 Å². The largest absolute Gasteiger partial charge is 0.504 e. The maximum Gasteiger partial charge on any atom is 0.339 e. The summed E-state index contributed by atoms with van der Waals surface area (Å²) < 4.78 is 10.2. The average Bonchev–Trinajstić information content (AvgIpc) is 2.49. The molecule has 1 saturated heterocycles. The van der Waals surface area contributed by atoms with Gasteiger partial charge in [0.05, 0.1) is 6.61 Å². The second kappa shape index (κ2) is 6.46. The molecule has 22 heavy (non-hydrogen) atoms. The van der Waals surface area contributed by atoms with Gasteiger partial charge in [-0.15, -0.1) is 0 Å². The molecule has 1 fully saturated rings. The molecule has 0 bridgehead atoms. The number of hydrogen-bond acceptors (Lipinski definition) is 8. The van der Waals surface area contributed by atoms with Crippen molar-refractivity contribution >= 4 is 5.97 Å². The third-order valence-corrected chi connectivity index (χ3v) is 3.31. The van der Waals surface area contributed by atoms with Crippen molar-refractivity contribution in [1.82, 2.24) is 0 Å². The Morgan fingerprint density at radius 2 is 1.86 bits per heavy atom. The van der Waals surface area contributed by atoms with E-state index in [1.165, 1.54) is 18.2 Å². The van der Waals surface area contributed by atoms with Crippen LogP contribution in [-0.4, -0.2) is 73.9 Å². The fourth-order valence-electron chi connectivity index (χ4n) is 2.10. The summed E-state index contributed by atoms with van der Waals surface area (Å²) in [6, 6.07) is 3.63. The van der Waals surface area contributed by atoms with Gasteiger partial charge in [-0.3, -0.25) is 0 Å². The molecule has 1 aromatic carbocycles. The molecule has 9 heteroatoms. The molecule has 0 spiro atoms. The molecule has 0 radical (unpaired) electrons. The summed E-state index contributed by atoms with van der Waals surface area (Å²) in [5.74, 6) is -2.34. The van der Waals surface area contributed by atoms with Crippen LogP contribution in [0.25, 0.3) is 0 Å². The van der Waals surface area contributed by atoms with Crippen LogP contribution in [0.1, 0.15) is 10.4 Å². The van der Waals surface area contributed by atoms with Crippen molar-refractivity contribution in [2.45, 2.75) is 30.7 Å². The molecule has 0 unspecified atom stereocenters. The number of phenols is 1. The first kappa shape index (κ1) is 16.5. The maximum atomic E-state index is 11.1. The van der Waals surface area contributed by atoms with Crippen molar-refractivity contribution in [3.8, 4) is 11.5 Å². The monoisotopic (exact) mass is 316 g/mol. The van der Waals surface area contributed by atoms with Gasteiger partial charge in [-0.25, -0.2) is 4.79 Å². The fourth-order valence-corrected chi connectivity index (χ4v) is 2.10. The molecule has 1 aliphatic heterocycles. The van der Waals surface area contributed by atoms with Crippen LogP contribution in [0.3, 0.4) is 0 Å². The van der Waals surface area contributed by atoms with E-state index >= 15 is 0 Å². The Balaban J connectivity index is 2.28. The van der Waals surface area contributed by atoms with Gasteiger partial charge in [0.1, 0.15) is 30.0 Å². The number of ether oxygens (including phenoxy) is 2. The topological polar surface area (TPSA) is 157 Å². The van der Waals surface area contributed by atoms with E-state index in [0.29, 0.717) is 0 Å². The van der Waals surface area contributed by atoms with Crippen LogP contribution in [0.2, 0.25) is 0 Å². The zero-order chi connectivity index (χ0) is 16.4. The number of rotatable bonds is 4. The van der Waals surface area contributed by atoms with Gasteiger partial charge in [-0.05, 0) is 12.1 Å². The molecule has 0 aromatic heterocycles. The number of aromatic hydroxyl groups is 1.